The molecule has 2 aromatic heterocycles. The van der Waals surface area contributed by atoms with Crippen LogP contribution in [-0.4, -0.2) is 20.4 Å². The summed E-state index contributed by atoms with van der Waals surface area (Å²) < 4.78 is 3.56. The lowest BCUT2D eigenvalue weighted by Crippen LogP contribution is -2.36. The quantitative estimate of drug-likeness (QED) is 0.906. The van der Waals surface area contributed by atoms with E-state index in [1.165, 1.54) is 0 Å². The predicted octanol–water partition coefficient (Wildman–Crippen LogP) is 2.12. The van der Waals surface area contributed by atoms with Gasteiger partial charge in [0.25, 0.3) is 0 Å². The molecule has 7 nitrogen and oxygen atoms in total. The number of carbonyl (C=O) groups is 1. The fourth-order valence-corrected chi connectivity index (χ4v) is 3.44. The minimum Gasteiger partial charge on any atom is -0.331 e. The Bertz CT molecular complexity index is 834. The normalized spacial score (nSPS) is 19.6. The average molecular weight is 327 g/mol. The molecule has 2 N–H and O–H groups in total. The zero-order chi connectivity index (χ0) is 16.7. The summed E-state index contributed by atoms with van der Waals surface area (Å²) in [5.74, 6) is 0.728. The van der Waals surface area contributed by atoms with E-state index in [4.69, 9.17) is 0 Å². The average Bonchev–Trinajstić information content (AvgIpc) is 3.31. The van der Waals surface area contributed by atoms with Crippen molar-refractivity contribution in [3.63, 3.8) is 0 Å². The van der Waals surface area contributed by atoms with Gasteiger partial charge >= 0.3 is 6.03 Å². The first-order valence-corrected chi connectivity index (χ1v) is 8.43. The van der Waals surface area contributed by atoms with Gasteiger partial charge in [0.05, 0.1) is 18.3 Å². The Morgan fingerprint density at radius 3 is 2.88 bits per heavy atom. The van der Waals surface area contributed by atoms with Gasteiger partial charge in [0.15, 0.2) is 0 Å². The van der Waals surface area contributed by atoms with Crippen LogP contribution in [0.1, 0.15) is 49.0 Å². The molecule has 0 radical (unpaired) electrons. The Morgan fingerprint density at radius 2 is 2.08 bits per heavy atom. The van der Waals surface area contributed by atoms with Crippen molar-refractivity contribution in [1.29, 1.82) is 0 Å². The molecule has 1 saturated carbocycles. The van der Waals surface area contributed by atoms with Crippen LogP contribution in [-0.2, 0) is 13.5 Å². The number of urea groups is 1. The maximum absolute atomic E-state index is 12.4. The molecular formula is C17H21N5O2. The minimum atomic E-state index is -0.232. The summed E-state index contributed by atoms with van der Waals surface area (Å²) in [4.78, 5) is 24.2. The van der Waals surface area contributed by atoms with Crippen LogP contribution < -0.4 is 16.2 Å². The molecule has 2 aliphatic carbocycles. The summed E-state index contributed by atoms with van der Waals surface area (Å²) in [5, 5.41) is 10.2. The number of pyridine rings is 1. The summed E-state index contributed by atoms with van der Waals surface area (Å²) in [5.41, 5.74) is 2.04. The Morgan fingerprint density at radius 1 is 1.25 bits per heavy atom. The Balaban J connectivity index is 1.50. The SMILES string of the molecule is Cn1c2c(ccc1=O)C(NC(=O)Nc1ccnn1C1CC1)CCC2. The van der Waals surface area contributed by atoms with Gasteiger partial charge in [0, 0.05) is 24.9 Å². The first-order valence-electron chi connectivity index (χ1n) is 8.43. The summed E-state index contributed by atoms with van der Waals surface area (Å²) in [6, 6.07) is 5.34. The zero-order valence-corrected chi connectivity index (χ0v) is 13.7. The maximum atomic E-state index is 12.4. The molecule has 2 amide bonds. The number of carbonyl (C=O) groups excluding carboxylic acids is 1. The highest BCUT2D eigenvalue weighted by Gasteiger charge is 2.28. The lowest BCUT2D eigenvalue weighted by atomic mass is 9.91. The molecule has 0 saturated heterocycles. The van der Waals surface area contributed by atoms with Crippen molar-refractivity contribution < 1.29 is 4.79 Å². The van der Waals surface area contributed by atoms with E-state index in [1.54, 1.807) is 23.9 Å². The van der Waals surface area contributed by atoms with Crippen molar-refractivity contribution in [1.82, 2.24) is 19.7 Å². The summed E-state index contributed by atoms with van der Waals surface area (Å²) in [6.45, 7) is 0. The van der Waals surface area contributed by atoms with E-state index < -0.39 is 0 Å². The van der Waals surface area contributed by atoms with E-state index in [0.717, 1.165) is 49.2 Å². The lowest BCUT2D eigenvalue weighted by molar-refractivity contribution is 0.246. The molecule has 1 atom stereocenters. The van der Waals surface area contributed by atoms with Gasteiger partial charge in [-0.1, -0.05) is 0 Å². The molecular weight excluding hydrogens is 306 g/mol. The molecule has 2 heterocycles. The van der Waals surface area contributed by atoms with Gasteiger partial charge in [-0.15, -0.1) is 0 Å². The molecule has 24 heavy (non-hydrogen) atoms. The molecule has 0 bridgehead atoms. The van der Waals surface area contributed by atoms with Crippen molar-refractivity contribution in [2.45, 2.75) is 44.2 Å². The monoisotopic (exact) mass is 327 g/mol. The topological polar surface area (TPSA) is 81.0 Å². The van der Waals surface area contributed by atoms with Crippen molar-refractivity contribution in [3.8, 4) is 0 Å². The zero-order valence-electron chi connectivity index (χ0n) is 13.7. The molecule has 1 fully saturated rings. The molecule has 1 unspecified atom stereocenters. The first-order chi connectivity index (χ1) is 11.6. The van der Waals surface area contributed by atoms with Gasteiger partial charge in [-0.3, -0.25) is 10.1 Å². The Hall–Kier alpha value is -2.57. The molecule has 2 aliphatic rings. The number of nitrogens with one attached hydrogen (secondary N) is 2. The third kappa shape index (κ3) is 2.70. The van der Waals surface area contributed by atoms with Crippen LogP contribution >= 0.6 is 0 Å². The fraction of sp³-hybridized carbons (Fsp3) is 0.471. The summed E-state index contributed by atoms with van der Waals surface area (Å²) in [6.07, 6.45) is 6.63. The fourth-order valence-electron chi connectivity index (χ4n) is 3.44. The molecule has 126 valence electrons. The van der Waals surface area contributed by atoms with E-state index in [9.17, 15) is 9.59 Å². The molecule has 2 aromatic rings. The van der Waals surface area contributed by atoms with Crippen LogP contribution in [0.25, 0.3) is 0 Å². The van der Waals surface area contributed by atoms with Gasteiger partial charge in [0.1, 0.15) is 5.82 Å². The van der Waals surface area contributed by atoms with E-state index in [2.05, 4.69) is 15.7 Å². The van der Waals surface area contributed by atoms with Gasteiger partial charge < -0.3 is 9.88 Å². The number of rotatable bonds is 3. The largest absolute Gasteiger partial charge is 0.331 e. The first kappa shape index (κ1) is 15.0. The van der Waals surface area contributed by atoms with Crippen molar-refractivity contribution in [2.24, 2.45) is 7.05 Å². The number of amides is 2. The second kappa shape index (κ2) is 5.81. The van der Waals surface area contributed by atoms with Gasteiger partial charge in [-0.2, -0.15) is 5.10 Å². The Kier molecular flexibility index (Phi) is 3.63. The highest BCUT2D eigenvalue weighted by atomic mass is 16.2. The van der Waals surface area contributed by atoms with Crippen LogP contribution in [0.3, 0.4) is 0 Å². The summed E-state index contributed by atoms with van der Waals surface area (Å²) >= 11 is 0. The van der Waals surface area contributed by atoms with Crippen LogP contribution in [0.15, 0.2) is 29.2 Å². The second-order valence-corrected chi connectivity index (χ2v) is 6.57. The number of anilines is 1. The van der Waals surface area contributed by atoms with Gasteiger partial charge in [0.2, 0.25) is 5.56 Å². The van der Waals surface area contributed by atoms with Crippen molar-refractivity contribution in [3.05, 3.63) is 46.0 Å². The lowest BCUT2D eigenvalue weighted by Gasteiger charge is -2.27. The molecule has 4 rings (SSSR count). The maximum Gasteiger partial charge on any atom is 0.320 e. The highest BCUT2D eigenvalue weighted by molar-refractivity contribution is 5.88. The summed E-state index contributed by atoms with van der Waals surface area (Å²) in [7, 11) is 1.79. The van der Waals surface area contributed by atoms with Crippen molar-refractivity contribution in [2.75, 3.05) is 5.32 Å². The number of fused-ring (bicyclic) bond motifs is 1. The van der Waals surface area contributed by atoms with Crippen LogP contribution in [0.5, 0.6) is 0 Å². The molecule has 0 aromatic carbocycles. The number of aromatic nitrogens is 3. The number of nitrogens with zero attached hydrogens (tertiary/aromatic N) is 3. The third-order valence-corrected chi connectivity index (χ3v) is 4.87. The number of hydrogen-bond donors (Lipinski definition) is 2. The standard InChI is InChI=1S/C17H21N5O2/c1-21-14-4-2-3-13(12(14)7-8-16(21)23)19-17(24)20-15-9-10-18-22(15)11-5-6-11/h7-11,13H,2-6H2,1H3,(H2,19,20,24). The minimum absolute atomic E-state index is 0.00723. The Labute approximate surface area is 139 Å². The predicted molar refractivity (Wildman–Crippen MR) is 90.0 cm³/mol. The van der Waals surface area contributed by atoms with Gasteiger partial charge in [-0.05, 0) is 43.7 Å². The van der Waals surface area contributed by atoms with E-state index in [0.29, 0.717) is 6.04 Å². The van der Waals surface area contributed by atoms with E-state index >= 15 is 0 Å². The highest BCUT2D eigenvalue weighted by Crippen LogP contribution is 2.36. The van der Waals surface area contributed by atoms with E-state index in [-0.39, 0.29) is 17.6 Å². The second-order valence-electron chi connectivity index (χ2n) is 6.57. The molecule has 0 aliphatic heterocycles. The van der Waals surface area contributed by atoms with Crippen LogP contribution in [0, 0.1) is 0 Å². The van der Waals surface area contributed by atoms with Crippen molar-refractivity contribution >= 4 is 11.8 Å². The molecule has 0 spiro atoms. The van der Waals surface area contributed by atoms with Gasteiger partial charge in [-0.25, -0.2) is 9.48 Å². The van der Waals surface area contributed by atoms with E-state index in [1.807, 2.05) is 16.8 Å². The van der Waals surface area contributed by atoms with Crippen LogP contribution in [0.2, 0.25) is 0 Å². The number of hydrogen-bond acceptors (Lipinski definition) is 3. The third-order valence-electron chi connectivity index (χ3n) is 4.87. The molecule has 7 heteroatoms. The smallest absolute Gasteiger partial charge is 0.320 e. The van der Waals surface area contributed by atoms with Crippen LogP contribution in [0.4, 0.5) is 10.6 Å².